The summed E-state index contributed by atoms with van der Waals surface area (Å²) in [7, 11) is 0. The van der Waals surface area contributed by atoms with E-state index in [0.717, 1.165) is 11.3 Å². The molecule has 1 amide bonds. The van der Waals surface area contributed by atoms with Gasteiger partial charge in [0.2, 0.25) is 0 Å². The number of halogens is 5. The standard InChI is InChI=1S/C15H8Cl2F3N3O2S/c16-8-2-4-11(17)22-12(8)13(24)23-14-21-9-3-1-7(5-10(9)26-14)25-6-15(18,19)20/h1-5H,6H2,(H,21,23,24). The molecule has 0 bridgehead atoms. The average molecular weight is 422 g/mol. The predicted octanol–water partition coefficient (Wildman–Crippen LogP) is 5.19. The Morgan fingerprint density at radius 2 is 1.96 bits per heavy atom. The van der Waals surface area contributed by atoms with E-state index in [1.807, 2.05) is 0 Å². The van der Waals surface area contributed by atoms with E-state index in [1.54, 1.807) is 0 Å². The van der Waals surface area contributed by atoms with Crippen LogP contribution in [0.4, 0.5) is 18.3 Å². The number of pyridine rings is 1. The number of anilines is 1. The molecule has 5 nitrogen and oxygen atoms in total. The zero-order valence-electron chi connectivity index (χ0n) is 12.6. The van der Waals surface area contributed by atoms with E-state index in [0.29, 0.717) is 10.2 Å². The van der Waals surface area contributed by atoms with Gasteiger partial charge in [-0.15, -0.1) is 0 Å². The first kappa shape index (κ1) is 18.7. The van der Waals surface area contributed by atoms with Gasteiger partial charge in [0, 0.05) is 0 Å². The van der Waals surface area contributed by atoms with Crippen LogP contribution in [-0.2, 0) is 0 Å². The quantitative estimate of drug-likeness (QED) is 0.588. The third-order valence-corrected chi connectivity index (χ3v) is 4.46. The maximum Gasteiger partial charge on any atom is 0.422 e. The number of amides is 1. The maximum atomic E-state index is 12.2. The number of fused-ring (bicyclic) bond motifs is 1. The lowest BCUT2D eigenvalue weighted by Gasteiger charge is -2.08. The number of nitrogens with one attached hydrogen (secondary N) is 1. The molecule has 1 N–H and O–H groups in total. The fourth-order valence-electron chi connectivity index (χ4n) is 1.95. The number of aromatic nitrogens is 2. The minimum absolute atomic E-state index is 0.0518. The molecule has 0 aliphatic carbocycles. The van der Waals surface area contributed by atoms with Crippen molar-refractivity contribution in [2.75, 3.05) is 11.9 Å². The second-order valence-corrected chi connectivity index (χ2v) is 6.80. The summed E-state index contributed by atoms with van der Waals surface area (Å²) in [4.78, 5) is 20.3. The van der Waals surface area contributed by atoms with Crippen LogP contribution in [0.3, 0.4) is 0 Å². The van der Waals surface area contributed by atoms with E-state index in [2.05, 4.69) is 15.3 Å². The Labute approximate surface area is 158 Å². The molecule has 0 saturated carbocycles. The van der Waals surface area contributed by atoms with Crippen molar-refractivity contribution >= 4 is 55.8 Å². The summed E-state index contributed by atoms with van der Waals surface area (Å²) in [5.41, 5.74) is 0.433. The van der Waals surface area contributed by atoms with Gasteiger partial charge in [-0.05, 0) is 30.3 Å². The van der Waals surface area contributed by atoms with E-state index in [4.69, 9.17) is 27.9 Å². The first-order chi connectivity index (χ1) is 12.2. The smallest absolute Gasteiger partial charge is 0.422 e. The van der Waals surface area contributed by atoms with Gasteiger partial charge in [0.1, 0.15) is 16.6 Å². The Bertz CT molecular complexity index is 978. The highest BCUT2D eigenvalue weighted by atomic mass is 35.5. The van der Waals surface area contributed by atoms with Crippen LogP contribution in [-0.4, -0.2) is 28.7 Å². The van der Waals surface area contributed by atoms with Crippen molar-refractivity contribution in [2.24, 2.45) is 0 Å². The highest BCUT2D eigenvalue weighted by Crippen LogP contribution is 2.30. The molecular formula is C15H8Cl2F3N3O2S. The first-order valence-corrected chi connectivity index (χ1v) is 8.52. The number of alkyl halides is 3. The van der Waals surface area contributed by atoms with E-state index < -0.39 is 18.7 Å². The molecule has 0 saturated heterocycles. The molecule has 0 spiro atoms. The topological polar surface area (TPSA) is 64.1 Å². The fraction of sp³-hybridized carbons (Fsp3) is 0.133. The minimum atomic E-state index is -4.43. The summed E-state index contributed by atoms with van der Waals surface area (Å²) in [6, 6.07) is 7.17. The molecule has 2 aromatic heterocycles. The van der Waals surface area contributed by atoms with Gasteiger partial charge in [-0.3, -0.25) is 10.1 Å². The monoisotopic (exact) mass is 421 g/mol. The van der Waals surface area contributed by atoms with Crippen molar-refractivity contribution in [2.45, 2.75) is 6.18 Å². The third-order valence-electron chi connectivity index (χ3n) is 3.01. The van der Waals surface area contributed by atoms with Crippen LogP contribution in [0.25, 0.3) is 10.2 Å². The molecule has 2 heterocycles. The number of carbonyl (C=O) groups is 1. The Morgan fingerprint density at radius 1 is 1.19 bits per heavy atom. The molecule has 11 heteroatoms. The Hall–Kier alpha value is -2.10. The molecule has 0 fully saturated rings. The number of rotatable bonds is 4. The van der Waals surface area contributed by atoms with Crippen LogP contribution in [0.2, 0.25) is 10.2 Å². The van der Waals surface area contributed by atoms with Crippen LogP contribution in [0.1, 0.15) is 10.5 Å². The molecule has 0 unspecified atom stereocenters. The Kier molecular flexibility index (Phi) is 5.22. The van der Waals surface area contributed by atoms with Crippen LogP contribution >= 0.6 is 34.5 Å². The maximum absolute atomic E-state index is 12.2. The van der Waals surface area contributed by atoms with Crippen molar-refractivity contribution in [1.82, 2.24) is 9.97 Å². The lowest BCUT2D eigenvalue weighted by molar-refractivity contribution is -0.153. The molecule has 136 valence electrons. The van der Waals surface area contributed by atoms with Gasteiger partial charge in [-0.2, -0.15) is 13.2 Å². The van der Waals surface area contributed by atoms with Crippen LogP contribution < -0.4 is 10.1 Å². The summed E-state index contributed by atoms with van der Waals surface area (Å²) >= 11 is 12.7. The first-order valence-electron chi connectivity index (χ1n) is 6.95. The molecular weight excluding hydrogens is 414 g/mol. The van der Waals surface area contributed by atoms with Crippen molar-refractivity contribution in [3.63, 3.8) is 0 Å². The molecule has 3 aromatic rings. The van der Waals surface area contributed by atoms with Gasteiger partial charge >= 0.3 is 6.18 Å². The minimum Gasteiger partial charge on any atom is -0.484 e. The van der Waals surface area contributed by atoms with Crippen molar-refractivity contribution in [3.8, 4) is 5.75 Å². The molecule has 26 heavy (non-hydrogen) atoms. The van der Waals surface area contributed by atoms with Crippen molar-refractivity contribution in [3.05, 3.63) is 46.2 Å². The Balaban J connectivity index is 1.78. The summed E-state index contributed by atoms with van der Waals surface area (Å²) in [6.07, 6.45) is -4.43. The van der Waals surface area contributed by atoms with Crippen molar-refractivity contribution in [1.29, 1.82) is 0 Å². The van der Waals surface area contributed by atoms with Gasteiger partial charge in [0.15, 0.2) is 11.7 Å². The highest BCUT2D eigenvalue weighted by molar-refractivity contribution is 7.22. The zero-order valence-corrected chi connectivity index (χ0v) is 14.9. The van der Waals surface area contributed by atoms with Gasteiger partial charge in [0.05, 0.1) is 15.2 Å². The van der Waals surface area contributed by atoms with E-state index in [9.17, 15) is 18.0 Å². The zero-order chi connectivity index (χ0) is 18.9. The normalized spacial score (nSPS) is 11.6. The summed E-state index contributed by atoms with van der Waals surface area (Å²) in [5, 5.41) is 2.99. The van der Waals surface area contributed by atoms with Gasteiger partial charge in [-0.25, -0.2) is 9.97 Å². The predicted molar refractivity (Wildman–Crippen MR) is 93.4 cm³/mol. The number of nitrogens with zero attached hydrogens (tertiary/aromatic N) is 2. The molecule has 3 rings (SSSR count). The number of benzene rings is 1. The largest absolute Gasteiger partial charge is 0.484 e. The summed E-state index contributed by atoms with van der Waals surface area (Å²) in [5.74, 6) is -0.555. The van der Waals surface area contributed by atoms with Crippen LogP contribution in [0.15, 0.2) is 30.3 Å². The average Bonchev–Trinajstić information content (AvgIpc) is 2.95. The number of thiazole rings is 1. The van der Waals surface area contributed by atoms with Crippen LogP contribution in [0.5, 0.6) is 5.75 Å². The van der Waals surface area contributed by atoms with E-state index >= 15 is 0 Å². The molecule has 0 aliphatic heterocycles. The van der Waals surface area contributed by atoms with Gasteiger partial charge in [0.25, 0.3) is 5.91 Å². The number of carbonyl (C=O) groups excluding carboxylic acids is 1. The molecule has 0 aliphatic rings. The lowest BCUT2D eigenvalue weighted by atomic mass is 10.3. The number of hydrogen-bond donors (Lipinski definition) is 1. The molecule has 0 radical (unpaired) electrons. The molecule has 1 aromatic carbocycles. The highest BCUT2D eigenvalue weighted by Gasteiger charge is 2.28. The van der Waals surface area contributed by atoms with Gasteiger partial charge < -0.3 is 4.74 Å². The number of ether oxygens (including phenoxy) is 1. The summed E-state index contributed by atoms with van der Waals surface area (Å²) < 4.78 is 41.9. The van der Waals surface area contributed by atoms with E-state index in [1.165, 1.54) is 30.3 Å². The van der Waals surface area contributed by atoms with Crippen molar-refractivity contribution < 1.29 is 22.7 Å². The second-order valence-electron chi connectivity index (χ2n) is 4.97. The lowest BCUT2D eigenvalue weighted by Crippen LogP contribution is -2.19. The second kappa shape index (κ2) is 7.26. The molecule has 0 atom stereocenters. The fourth-order valence-corrected chi connectivity index (χ4v) is 3.18. The summed E-state index contributed by atoms with van der Waals surface area (Å²) in [6.45, 7) is -1.39. The Morgan fingerprint density at radius 3 is 2.69 bits per heavy atom. The van der Waals surface area contributed by atoms with Crippen LogP contribution in [0, 0.1) is 0 Å². The SMILES string of the molecule is O=C(Nc1nc2ccc(OCC(F)(F)F)cc2s1)c1nc(Cl)ccc1Cl. The third kappa shape index (κ3) is 4.54. The van der Waals surface area contributed by atoms with Gasteiger partial charge in [-0.1, -0.05) is 34.5 Å². The van der Waals surface area contributed by atoms with E-state index in [-0.39, 0.29) is 26.8 Å². The number of hydrogen-bond acceptors (Lipinski definition) is 5.